The van der Waals surface area contributed by atoms with Crippen LogP contribution >= 0.6 is 39.1 Å². The number of hydrogen-bond donors (Lipinski definition) is 1. The second kappa shape index (κ2) is 6.69. The van der Waals surface area contributed by atoms with Gasteiger partial charge in [-0.15, -0.1) is 0 Å². The van der Waals surface area contributed by atoms with Crippen LogP contribution in [0.15, 0.2) is 16.6 Å². The Morgan fingerprint density at radius 3 is 2.32 bits per heavy atom. The van der Waals surface area contributed by atoms with Crippen molar-refractivity contribution in [3.8, 4) is 0 Å². The summed E-state index contributed by atoms with van der Waals surface area (Å²) in [4.78, 5) is 0. The number of hydrogen-bond acceptors (Lipinski definition) is 1. The summed E-state index contributed by atoms with van der Waals surface area (Å²) in [6, 6.07) is 4.45. The quantitative estimate of drug-likeness (QED) is 0.613. The van der Waals surface area contributed by atoms with Gasteiger partial charge in [-0.25, -0.2) is 0 Å². The zero-order valence-electron chi connectivity index (χ0n) is 11.3. The summed E-state index contributed by atoms with van der Waals surface area (Å²) in [6.45, 7) is 4.65. The topological polar surface area (TPSA) is 12.0 Å². The minimum atomic E-state index is 0.518. The fourth-order valence-corrected chi connectivity index (χ4v) is 3.62. The maximum Gasteiger partial charge on any atom is 0.0835 e. The molecule has 0 radical (unpaired) electrons. The first kappa shape index (κ1) is 15.5. The molecule has 4 heteroatoms. The van der Waals surface area contributed by atoms with Crippen molar-refractivity contribution in [1.82, 2.24) is 0 Å². The van der Waals surface area contributed by atoms with Crippen LogP contribution in [0, 0.1) is 11.8 Å². The van der Waals surface area contributed by atoms with Gasteiger partial charge in [-0.3, -0.25) is 0 Å². The van der Waals surface area contributed by atoms with Crippen LogP contribution in [0.3, 0.4) is 0 Å². The van der Waals surface area contributed by atoms with Gasteiger partial charge < -0.3 is 5.32 Å². The third-order valence-corrected chi connectivity index (χ3v) is 5.88. The SMILES string of the molecule is CC(C)C1CCC(Nc2ccc(Br)c(Cl)c2Cl)CC1. The first-order chi connectivity index (χ1) is 8.99. The standard InChI is InChI=1S/C15H20BrCl2N/c1-9(2)10-3-5-11(6-4-10)19-13-8-7-12(16)14(17)15(13)18/h7-11,19H,3-6H2,1-2H3. The summed E-state index contributed by atoms with van der Waals surface area (Å²) < 4.78 is 0.841. The van der Waals surface area contributed by atoms with Gasteiger partial charge in [-0.05, 0) is 65.6 Å². The molecule has 0 saturated heterocycles. The lowest BCUT2D eigenvalue weighted by Gasteiger charge is -2.32. The van der Waals surface area contributed by atoms with E-state index in [1.54, 1.807) is 0 Å². The predicted molar refractivity (Wildman–Crippen MR) is 88.4 cm³/mol. The number of halogens is 3. The molecule has 1 aliphatic rings. The molecule has 1 N–H and O–H groups in total. The Labute approximate surface area is 134 Å². The molecule has 1 aliphatic carbocycles. The molecule has 0 bridgehead atoms. The Morgan fingerprint density at radius 1 is 1.11 bits per heavy atom. The summed E-state index contributed by atoms with van der Waals surface area (Å²) in [6.07, 6.45) is 5.04. The van der Waals surface area contributed by atoms with Crippen molar-refractivity contribution in [2.75, 3.05) is 5.32 Å². The largest absolute Gasteiger partial charge is 0.381 e. The zero-order chi connectivity index (χ0) is 14.0. The van der Waals surface area contributed by atoms with E-state index in [-0.39, 0.29) is 0 Å². The summed E-state index contributed by atoms with van der Waals surface area (Å²) in [5, 5.41) is 4.74. The van der Waals surface area contributed by atoms with Gasteiger partial charge in [-0.1, -0.05) is 37.0 Å². The highest BCUT2D eigenvalue weighted by atomic mass is 79.9. The molecule has 0 unspecified atom stereocenters. The molecule has 1 aromatic rings. The molecule has 106 valence electrons. The third kappa shape index (κ3) is 3.80. The molecule has 0 spiro atoms. The monoisotopic (exact) mass is 363 g/mol. The number of rotatable bonds is 3. The molecule has 2 rings (SSSR count). The zero-order valence-corrected chi connectivity index (χ0v) is 14.4. The van der Waals surface area contributed by atoms with Gasteiger partial charge >= 0.3 is 0 Å². The molecular weight excluding hydrogens is 345 g/mol. The van der Waals surface area contributed by atoms with Crippen molar-refractivity contribution >= 4 is 44.8 Å². The van der Waals surface area contributed by atoms with Crippen molar-refractivity contribution in [1.29, 1.82) is 0 Å². The van der Waals surface area contributed by atoms with E-state index in [2.05, 4.69) is 35.1 Å². The Morgan fingerprint density at radius 2 is 1.74 bits per heavy atom. The van der Waals surface area contributed by atoms with Gasteiger partial charge in [-0.2, -0.15) is 0 Å². The predicted octanol–water partition coefficient (Wildman–Crippen LogP) is 6.38. The second-order valence-corrected chi connectivity index (χ2v) is 7.33. The molecule has 0 heterocycles. The number of anilines is 1. The van der Waals surface area contributed by atoms with Crippen LogP contribution in [-0.2, 0) is 0 Å². The van der Waals surface area contributed by atoms with Crippen molar-refractivity contribution < 1.29 is 0 Å². The Bertz CT molecular complexity index is 440. The van der Waals surface area contributed by atoms with Gasteiger partial charge in [0.1, 0.15) is 0 Å². The van der Waals surface area contributed by atoms with Crippen LogP contribution in [-0.4, -0.2) is 6.04 Å². The lowest BCUT2D eigenvalue weighted by Crippen LogP contribution is -2.28. The lowest BCUT2D eigenvalue weighted by molar-refractivity contribution is 0.267. The van der Waals surface area contributed by atoms with Crippen LogP contribution in [0.4, 0.5) is 5.69 Å². The van der Waals surface area contributed by atoms with Crippen molar-refractivity contribution in [3.63, 3.8) is 0 Å². The van der Waals surface area contributed by atoms with E-state index in [1.165, 1.54) is 25.7 Å². The fourth-order valence-electron chi connectivity index (χ4n) is 2.79. The molecular formula is C15H20BrCl2N. The molecule has 19 heavy (non-hydrogen) atoms. The van der Waals surface area contributed by atoms with E-state index < -0.39 is 0 Å². The van der Waals surface area contributed by atoms with Gasteiger partial charge in [0.25, 0.3) is 0 Å². The molecule has 1 fully saturated rings. The summed E-state index contributed by atoms with van der Waals surface area (Å²) in [5.41, 5.74) is 0.947. The first-order valence-corrected chi connectivity index (χ1v) is 8.44. The maximum absolute atomic E-state index is 6.27. The van der Waals surface area contributed by atoms with Crippen LogP contribution in [0.25, 0.3) is 0 Å². The Hall–Kier alpha value is 0.0800. The van der Waals surface area contributed by atoms with Crippen LogP contribution in [0.2, 0.25) is 10.0 Å². The number of benzene rings is 1. The minimum absolute atomic E-state index is 0.518. The van der Waals surface area contributed by atoms with Gasteiger partial charge in [0, 0.05) is 10.5 Å². The third-order valence-electron chi connectivity index (χ3n) is 4.11. The van der Waals surface area contributed by atoms with Gasteiger partial charge in [0.2, 0.25) is 0 Å². The summed E-state index contributed by atoms with van der Waals surface area (Å²) in [7, 11) is 0. The van der Waals surface area contributed by atoms with Crippen LogP contribution in [0.1, 0.15) is 39.5 Å². The van der Waals surface area contributed by atoms with Crippen molar-refractivity contribution in [3.05, 3.63) is 26.7 Å². The number of nitrogens with one attached hydrogen (secondary N) is 1. The van der Waals surface area contributed by atoms with E-state index in [9.17, 15) is 0 Å². The average molecular weight is 365 g/mol. The first-order valence-electron chi connectivity index (χ1n) is 6.89. The van der Waals surface area contributed by atoms with E-state index in [1.807, 2.05) is 12.1 Å². The highest BCUT2D eigenvalue weighted by Gasteiger charge is 2.23. The molecule has 0 atom stereocenters. The van der Waals surface area contributed by atoms with Gasteiger partial charge in [0.05, 0.1) is 15.7 Å². The van der Waals surface area contributed by atoms with E-state index >= 15 is 0 Å². The van der Waals surface area contributed by atoms with Crippen LogP contribution < -0.4 is 5.32 Å². The average Bonchev–Trinajstić information content (AvgIpc) is 2.40. The molecule has 1 aromatic carbocycles. The Balaban J connectivity index is 1.98. The van der Waals surface area contributed by atoms with E-state index in [0.717, 1.165) is 22.0 Å². The van der Waals surface area contributed by atoms with Crippen molar-refractivity contribution in [2.24, 2.45) is 11.8 Å². The highest BCUT2D eigenvalue weighted by Crippen LogP contribution is 2.38. The molecule has 0 amide bonds. The molecule has 1 nitrogen and oxygen atoms in total. The normalized spacial score (nSPS) is 23.7. The van der Waals surface area contributed by atoms with Crippen LogP contribution in [0.5, 0.6) is 0 Å². The minimum Gasteiger partial charge on any atom is -0.381 e. The molecule has 1 saturated carbocycles. The van der Waals surface area contributed by atoms with Crippen molar-refractivity contribution in [2.45, 2.75) is 45.6 Å². The lowest BCUT2D eigenvalue weighted by atomic mass is 9.79. The Kier molecular flexibility index (Phi) is 5.45. The van der Waals surface area contributed by atoms with E-state index in [4.69, 9.17) is 23.2 Å². The maximum atomic E-state index is 6.27. The fraction of sp³-hybridized carbons (Fsp3) is 0.600. The van der Waals surface area contributed by atoms with Gasteiger partial charge in [0.15, 0.2) is 0 Å². The summed E-state index contributed by atoms with van der Waals surface area (Å²) in [5.74, 6) is 1.67. The summed E-state index contributed by atoms with van der Waals surface area (Å²) >= 11 is 15.8. The molecule has 0 aliphatic heterocycles. The van der Waals surface area contributed by atoms with E-state index in [0.29, 0.717) is 16.1 Å². The molecule has 0 aromatic heterocycles. The second-order valence-electron chi connectivity index (χ2n) is 5.72. The smallest absolute Gasteiger partial charge is 0.0835 e. The highest BCUT2D eigenvalue weighted by molar-refractivity contribution is 9.10.